The lowest BCUT2D eigenvalue weighted by atomic mass is 10.3. The fourth-order valence-corrected chi connectivity index (χ4v) is 2.09. The van der Waals surface area contributed by atoms with E-state index >= 15 is 0 Å². The zero-order valence-electron chi connectivity index (χ0n) is 11.1. The summed E-state index contributed by atoms with van der Waals surface area (Å²) in [5.74, 6) is 0.879. The molecular formula is C12H22N4O2. The van der Waals surface area contributed by atoms with Gasteiger partial charge in [-0.2, -0.15) is 0 Å². The second kappa shape index (κ2) is 6.72. The van der Waals surface area contributed by atoms with E-state index in [2.05, 4.69) is 26.8 Å². The number of likely N-dealkylation sites (N-methyl/N-ethyl adjacent to an activating group) is 1. The summed E-state index contributed by atoms with van der Waals surface area (Å²) in [4.78, 5) is 6.59. The lowest BCUT2D eigenvalue weighted by molar-refractivity contribution is -0.0272. The predicted octanol–water partition coefficient (Wildman–Crippen LogP) is 0.272. The van der Waals surface area contributed by atoms with Crippen molar-refractivity contribution in [2.24, 2.45) is 0 Å². The molecule has 0 aromatic carbocycles. The van der Waals surface area contributed by atoms with E-state index < -0.39 is 0 Å². The normalized spacial score (nSPS) is 21.1. The van der Waals surface area contributed by atoms with Gasteiger partial charge < -0.3 is 24.3 Å². The topological polar surface area (TPSA) is 51.5 Å². The monoisotopic (exact) mass is 254 g/mol. The van der Waals surface area contributed by atoms with Crippen LogP contribution in [0, 0.1) is 0 Å². The fourth-order valence-electron chi connectivity index (χ4n) is 2.09. The highest BCUT2D eigenvalue weighted by atomic mass is 16.5. The van der Waals surface area contributed by atoms with Gasteiger partial charge in [-0.15, -0.1) is 0 Å². The molecule has 1 saturated heterocycles. The molecule has 6 heteroatoms. The van der Waals surface area contributed by atoms with Crippen LogP contribution in [-0.4, -0.2) is 67.6 Å². The maximum Gasteiger partial charge on any atom is 0.202 e. The van der Waals surface area contributed by atoms with Gasteiger partial charge in [-0.1, -0.05) is 0 Å². The average Bonchev–Trinajstić information content (AvgIpc) is 2.77. The smallest absolute Gasteiger partial charge is 0.202 e. The Hall–Kier alpha value is -1.11. The van der Waals surface area contributed by atoms with Crippen molar-refractivity contribution in [3.63, 3.8) is 0 Å². The number of nitrogens with zero attached hydrogens (tertiary/aromatic N) is 3. The van der Waals surface area contributed by atoms with Crippen molar-refractivity contribution in [3.05, 3.63) is 12.4 Å². The first-order valence-corrected chi connectivity index (χ1v) is 6.33. The van der Waals surface area contributed by atoms with E-state index in [9.17, 15) is 0 Å². The van der Waals surface area contributed by atoms with E-state index in [0.29, 0.717) is 6.61 Å². The SMILES string of the molecule is COCCNc1nccn1CC1CN(C)CCO1. The zero-order chi connectivity index (χ0) is 12.8. The molecule has 1 aromatic rings. The van der Waals surface area contributed by atoms with Crippen LogP contribution in [0.5, 0.6) is 0 Å². The molecule has 2 heterocycles. The predicted molar refractivity (Wildman–Crippen MR) is 69.8 cm³/mol. The van der Waals surface area contributed by atoms with Crippen molar-refractivity contribution in [3.8, 4) is 0 Å². The maximum absolute atomic E-state index is 5.76. The van der Waals surface area contributed by atoms with Crippen molar-refractivity contribution in [1.82, 2.24) is 14.5 Å². The molecule has 18 heavy (non-hydrogen) atoms. The van der Waals surface area contributed by atoms with Crippen LogP contribution < -0.4 is 5.32 Å². The van der Waals surface area contributed by atoms with Crippen LogP contribution in [0.25, 0.3) is 0 Å². The highest BCUT2D eigenvalue weighted by molar-refractivity contribution is 5.25. The van der Waals surface area contributed by atoms with Gasteiger partial charge in [0.1, 0.15) is 0 Å². The Morgan fingerprint density at radius 1 is 1.61 bits per heavy atom. The summed E-state index contributed by atoms with van der Waals surface area (Å²) < 4.78 is 12.9. The molecule has 1 unspecified atom stereocenters. The van der Waals surface area contributed by atoms with E-state index in [0.717, 1.165) is 38.7 Å². The standard InChI is InChI=1S/C12H22N4O2/c1-15-6-8-18-11(9-15)10-16-5-3-13-12(16)14-4-7-17-2/h3,5,11H,4,6-10H2,1-2H3,(H,13,14). The van der Waals surface area contributed by atoms with Crippen LogP contribution in [0.15, 0.2) is 12.4 Å². The minimum atomic E-state index is 0.237. The lowest BCUT2D eigenvalue weighted by Gasteiger charge is -2.30. The summed E-state index contributed by atoms with van der Waals surface area (Å²) in [6.07, 6.45) is 4.02. The zero-order valence-corrected chi connectivity index (χ0v) is 11.1. The molecule has 1 atom stereocenters. The number of nitrogens with one attached hydrogen (secondary N) is 1. The van der Waals surface area contributed by atoms with Gasteiger partial charge >= 0.3 is 0 Å². The van der Waals surface area contributed by atoms with Gasteiger partial charge in [-0.05, 0) is 7.05 Å². The first-order chi connectivity index (χ1) is 8.79. The van der Waals surface area contributed by atoms with Crippen LogP contribution in [0.2, 0.25) is 0 Å². The van der Waals surface area contributed by atoms with Crippen molar-refractivity contribution in [2.45, 2.75) is 12.6 Å². The Kier molecular flexibility index (Phi) is 4.98. The number of anilines is 1. The molecule has 0 spiro atoms. The second-order valence-corrected chi connectivity index (χ2v) is 4.58. The number of hydrogen-bond acceptors (Lipinski definition) is 5. The number of imidazole rings is 1. The van der Waals surface area contributed by atoms with E-state index in [1.54, 1.807) is 7.11 Å². The second-order valence-electron chi connectivity index (χ2n) is 4.58. The summed E-state index contributed by atoms with van der Waals surface area (Å²) in [6, 6.07) is 0. The summed E-state index contributed by atoms with van der Waals surface area (Å²) >= 11 is 0. The third kappa shape index (κ3) is 3.69. The Balaban J connectivity index is 1.86. The van der Waals surface area contributed by atoms with Gasteiger partial charge in [0.05, 0.1) is 25.9 Å². The minimum absolute atomic E-state index is 0.237. The van der Waals surface area contributed by atoms with Gasteiger partial charge in [0, 0.05) is 39.1 Å². The highest BCUT2D eigenvalue weighted by Crippen LogP contribution is 2.10. The van der Waals surface area contributed by atoms with E-state index in [4.69, 9.17) is 9.47 Å². The van der Waals surface area contributed by atoms with E-state index in [-0.39, 0.29) is 6.10 Å². The first-order valence-electron chi connectivity index (χ1n) is 6.33. The van der Waals surface area contributed by atoms with Crippen LogP contribution >= 0.6 is 0 Å². The Bertz CT molecular complexity index is 356. The lowest BCUT2D eigenvalue weighted by Crippen LogP contribution is -2.42. The molecule has 1 aliphatic rings. The van der Waals surface area contributed by atoms with Crippen LogP contribution in [0.4, 0.5) is 5.95 Å². The molecule has 1 aromatic heterocycles. The molecule has 0 aliphatic carbocycles. The number of hydrogen-bond donors (Lipinski definition) is 1. The molecule has 0 bridgehead atoms. The van der Waals surface area contributed by atoms with Crippen molar-refractivity contribution in [1.29, 1.82) is 0 Å². The quantitative estimate of drug-likeness (QED) is 0.739. The minimum Gasteiger partial charge on any atom is -0.383 e. The molecule has 2 rings (SSSR count). The van der Waals surface area contributed by atoms with Crippen LogP contribution in [-0.2, 0) is 16.0 Å². The van der Waals surface area contributed by atoms with Crippen molar-refractivity contribution in [2.75, 3.05) is 52.3 Å². The maximum atomic E-state index is 5.76. The molecular weight excluding hydrogens is 232 g/mol. The van der Waals surface area contributed by atoms with Gasteiger partial charge in [-0.25, -0.2) is 4.98 Å². The summed E-state index contributed by atoms with van der Waals surface area (Å²) in [5, 5.41) is 3.25. The highest BCUT2D eigenvalue weighted by Gasteiger charge is 2.18. The van der Waals surface area contributed by atoms with Crippen molar-refractivity contribution < 1.29 is 9.47 Å². The van der Waals surface area contributed by atoms with Gasteiger partial charge in [-0.3, -0.25) is 0 Å². The number of rotatable bonds is 6. The molecule has 0 amide bonds. The molecule has 1 aliphatic heterocycles. The first kappa shape index (κ1) is 13.3. The largest absolute Gasteiger partial charge is 0.383 e. The molecule has 1 N–H and O–H groups in total. The van der Waals surface area contributed by atoms with Crippen LogP contribution in [0.3, 0.4) is 0 Å². The van der Waals surface area contributed by atoms with Crippen LogP contribution in [0.1, 0.15) is 0 Å². The number of morpholine rings is 1. The molecule has 0 saturated carbocycles. The Morgan fingerprint density at radius 3 is 3.28 bits per heavy atom. The third-order valence-corrected chi connectivity index (χ3v) is 3.05. The average molecular weight is 254 g/mol. The Morgan fingerprint density at radius 2 is 2.50 bits per heavy atom. The van der Waals surface area contributed by atoms with Gasteiger partial charge in [0.2, 0.25) is 5.95 Å². The summed E-state index contributed by atoms with van der Waals surface area (Å²) in [5.41, 5.74) is 0. The molecule has 6 nitrogen and oxygen atoms in total. The molecule has 0 radical (unpaired) electrons. The number of ether oxygens (including phenoxy) is 2. The molecule has 1 fully saturated rings. The van der Waals surface area contributed by atoms with Gasteiger partial charge in [0.15, 0.2) is 0 Å². The summed E-state index contributed by atoms with van der Waals surface area (Å²) in [7, 11) is 3.82. The van der Waals surface area contributed by atoms with E-state index in [1.165, 1.54) is 0 Å². The molecule has 102 valence electrons. The number of methoxy groups -OCH3 is 1. The van der Waals surface area contributed by atoms with Gasteiger partial charge in [0.25, 0.3) is 0 Å². The third-order valence-electron chi connectivity index (χ3n) is 3.05. The van der Waals surface area contributed by atoms with Crippen molar-refractivity contribution >= 4 is 5.95 Å². The van der Waals surface area contributed by atoms with E-state index in [1.807, 2.05) is 12.4 Å². The fraction of sp³-hybridized carbons (Fsp3) is 0.750. The number of aromatic nitrogens is 2. The Labute approximate surface area is 108 Å². The summed E-state index contributed by atoms with van der Waals surface area (Å²) in [6.45, 7) is 5.06.